The SMILES string of the molecule is CC(=O)NCc1ccc(-c2csc(NC(=O)c3ccc(F)c(F)c3)n2)s1. The average molecular weight is 393 g/mol. The van der Waals surface area contributed by atoms with Gasteiger partial charge >= 0.3 is 0 Å². The number of thiazole rings is 1. The van der Waals surface area contributed by atoms with Crippen LogP contribution in [0, 0.1) is 11.6 Å². The van der Waals surface area contributed by atoms with Crippen LogP contribution >= 0.6 is 22.7 Å². The molecule has 2 heterocycles. The minimum Gasteiger partial charge on any atom is -0.351 e. The Morgan fingerprint density at radius 3 is 2.69 bits per heavy atom. The van der Waals surface area contributed by atoms with E-state index in [1.807, 2.05) is 12.1 Å². The Morgan fingerprint density at radius 2 is 1.96 bits per heavy atom. The van der Waals surface area contributed by atoms with Crippen LogP contribution in [0.4, 0.5) is 13.9 Å². The van der Waals surface area contributed by atoms with E-state index in [0.29, 0.717) is 17.4 Å². The zero-order chi connectivity index (χ0) is 18.7. The van der Waals surface area contributed by atoms with Crippen LogP contribution < -0.4 is 10.6 Å². The molecule has 0 aliphatic carbocycles. The van der Waals surface area contributed by atoms with Crippen molar-refractivity contribution in [1.29, 1.82) is 0 Å². The Bertz CT molecular complexity index is 969. The van der Waals surface area contributed by atoms with Crippen LogP contribution in [0.1, 0.15) is 22.2 Å². The summed E-state index contributed by atoms with van der Waals surface area (Å²) in [7, 11) is 0. The van der Waals surface area contributed by atoms with Gasteiger partial charge in [-0.2, -0.15) is 0 Å². The van der Waals surface area contributed by atoms with Gasteiger partial charge in [0.25, 0.3) is 5.91 Å². The molecule has 2 aromatic heterocycles. The smallest absolute Gasteiger partial charge is 0.257 e. The number of nitrogens with one attached hydrogen (secondary N) is 2. The number of hydrogen-bond acceptors (Lipinski definition) is 5. The van der Waals surface area contributed by atoms with Gasteiger partial charge in [0, 0.05) is 22.7 Å². The van der Waals surface area contributed by atoms with Crippen LogP contribution in [0.15, 0.2) is 35.7 Å². The maximum atomic E-state index is 13.2. The zero-order valence-corrected chi connectivity index (χ0v) is 15.1. The molecule has 0 spiro atoms. The Kier molecular flexibility index (Phi) is 5.38. The third kappa shape index (κ3) is 4.30. The van der Waals surface area contributed by atoms with Crippen molar-refractivity contribution in [3.05, 3.63) is 57.8 Å². The van der Waals surface area contributed by atoms with E-state index in [4.69, 9.17) is 0 Å². The number of carbonyl (C=O) groups excluding carboxylic acids is 2. The Balaban J connectivity index is 1.68. The minimum absolute atomic E-state index is 0.00867. The van der Waals surface area contributed by atoms with Gasteiger partial charge in [-0.1, -0.05) is 0 Å². The molecule has 5 nitrogen and oxygen atoms in total. The molecule has 26 heavy (non-hydrogen) atoms. The predicted octanol–water partition coefficient (Wildman–Crippen LogP) is 4.04. The average Bonchev–Trinajstić information content (AvgIpc) is 3.24. The second-order valence-electron chi connectivity index (χ2n) is 5.30. The molecule has 0 fully saturated rings. The molecular weight excluding hydrogens is 380 g/mol. The fraction of sp³-hybridized carbons (Fsp3) is 0.118. The second kappa shape index (κ2) is 7.71. The van der Waals surface area contributed by atoms with Gasteiger partial charge in [0.2, 0.25) is 5.91 Å². The zero-order valence-electron chi connectivity index (χ0n) is 13.5. The van der Waals surface area contributed by atoms with Crippen molar-refractivity contribution in [2.45, 2.75) is 13.5 Å². The van der Waals surface area contributed by atoms with Gasteiger partial charge < -0.3 is 5.32 Å². The summed E-state index contributed by atoms with van der Waals surface area (Å²) in [6.07, 6.45) is 0. The van der Waals surface area contributed by atoms with E-state index in [-0.39, 0.29) is 11.5 Å². The summed E-state index contributed by atoms with van der Waals surface area (Å²) in [5.74, 6) is -2.76. The lowest BCUT2D eigenvalue weighted by Crippen LogP contribution is -2.17. The van der Waals surface area contributed by atoms with E-state index in [1.165, 1.54) is 35.7 Å². The Hall–Kier alpha value is -2.65. The van der Waals surface area contributed by atoms with E-state index < -0.39 is 17.5 Å². The number of hydrogen-bond donors (Lipinski definition) is 2. The van der Waals surface area contributed by atoms with Gasteiger partial charge in [0.05, 0.1) is 17.1 Å². The number of anilines is 1. The van der Waals surface area contributed by atoms with Gasteiger partial charge in [-0.05, 0) is 30.3 Å². The maximum Gasteiger partial charge on any atom is 0.257 e. The highest BCUT2D eigenvalue weighted by atomic mass is 32.1. The molecule has 0 aliphatic heterocycles. The molecule has 3 rings (SSSR count). The molecule has 0 aliphatic rings. The molecule has 1 aromatic carbocycles. The van der Waals surface area contributed by atoms with Crippen LogP contribution in [0.25, 0.3) is 10.6 Å². The quantitative estimate of drug-likeness (QED) is 0.687. The van der Waals surface area contributed by atoms with Crippen molar-refractivity contribution < 1.29 is 18.4 Å². The molecule has 0 radical (unpaired) electrons. The van der Waals surface area contributed by atoms with E-state index in [0.717, 1.165) is 21.9 Å². The number of nitrogens with zero attached hydrogens (tertiary/aromatic N) is 1. The van der Waals surface area contributed by atoms with Crippen molar-refractivity contribution in [3.8, 4) is 10.6 Å². The van der Waals surface area contributed by atoms with Crippen LogP contribution in [0.3, 0.4) is 0 Å². The van der Waals surface area contributed by atoms with E-state index >= 15 is 0 Å². The molecule has 0 atom stereocenters. The number of amides is 2. The first-order chi connectivity index (χ1) is 12.4. The van der Waals surface area contributed by atoms with Crippen molar-refractivity contribution in [2.24, 2.45) is 0 Å². The number of halogens is 2. The molecule has 9 heteroatoms. The predicted molar refractivity (Wildman–Crippen MR) is 97.3 cm³/mol. The second-order valence-corrected chi connectivity index (χ2v) is 7.32. The summed E-state index contributed by atoms with van der Waals surface area (Å²) < 4.78 is 26.2. The maximum absolute atomic E-state index is 13.2. The van der Waals surface area contributed by atoms with Gasteiger partial charge in [0.15, 0.2) is 16.8 Å². The lowest BCUT2D eigenvalue weighted by atomic mass is 10.2. The monoisotopic (exact) mass is 393 g/mol. The van der Waals surface area contributed by atoms with E-state index in [1.54, 1.807) is 5.38 Å². The summed E-state index contributed by atoms with van der Waals surface area (Å²) >= 11 is 2.71. The molecule has 3 aromatic rings. The van der Waals surface area contributed by atoms with E-state index in [2.05, 4.69) is 15.6 Å². The van der Waals surface area contributed by atoms with Gasteiger partial charge in [-0.15, -0.1) is 22.7 Å². The highest BCUT2D eigenvalue weighted by molar-refractivity contribution is 7.17. The number of thiophene rings is 1. The number of carbonyl (C=O) groups is 2. The number of benzene rings is 1. The molecule has 0 unspecified atom stereocenters. The molecule has 2 amide bonds. The van der Waals surface area contributed by atoms with E-state index in [9.17, 15) is 18.4 Å². The van der Waals surface area contributed by atoms with Crippen LogP contribution in [0.5, 0.6) is 0 Å². The largest absolute Gasteiger partial charge is 0.351 e. The summed E-state index contributed by atoms with van der Waals surface area (Å²) in [6.45, 7) is 1.90. The molecule has 0 bridgehead atoms. The third-order valence-electron chi connectivity index (χ3n) is 3.33. The van der Waals surface area contributed by atoms with Crippen molar-refractivity contribution in [2.75, 3.05) is 5.32 Å². The number of rotatable bonds is 5. The van der Waals surface area contributed by atoms with Crippen molar-refractivity contribution in [3.63, 3.8) is 0 Å². The van der Waals surface area contributed by atoms with Crippen LogP contribution in [0.2, 0.25) is 0 Å². The fourth-order valence-corrected chi connectivity index (χ4v) is 3.76. The van der Waals surface area contributed by atoms with Crippen LogP contribution in [-0.2, 0) is 11.3 Å². The standard InChI is InChI=1S/C17H13F2N3O2S2/c1-9(23)20-7-11-3-5-15(26-11)14-8-25-17(21-14)22-16(24)10-2-4-12(18)13(19)6-10/h2-6,8H,7H2,1H3,(H,20,23)(H,21,22,24). The van der Waals surface area contributed by atoms with Crippen molar-refractivity contribution in [1.82, 2.24) is 10.3 Å². The molecule has 0 saturated heterocycles. The molecule has 0 saturated carbocycles. The third-order valence-corrected chi connectivity index (χ3v) is 5.20. The lowest BCUT2D eigenvalue weighted by molar-refractivity contribution is -0.119. The lowest BCUT2D eigenvalue weighted by Gasteiger charge is -2.02. The topological polar surface area (TPSA) is 71.1 Å². The molecule has 134 valence electrons. The Labute approximate surface area is 155 Å². The van der Waals surface area contributed by atoms with Crippen molar-refractivity contribution >= 4 is 39.6 Å². The number of aromatic nitrogens is 1. The van der Waals surface area contributed by atoms with Gasteiger partial charge in [-0.25, -0.2) is 13.8 Å². The normalized spacial score (nSPS) is 10.6. The van der Waals surface area contributed by atoms with Crippen LogP contribution in [-0.4, -0.2) is 16.8 Å². The first-order valence-electron chi connectivity index (χ1n) is 7.48. The first kappa shape index (κ1) is 18.2. The molecular formula is C17H13F2N3O2S2. The Morgan fingerprint density at radius 1 is 1.15 bits per heavy atom. The summed E-state index contributed by atoms with van der Waals surface area (Å²) in [5, 5.41) is 7.43. The van der Waals surface area contributed by atoms with Gasteiger partial charge in [-0.3, -0.25) is 14.9 Å². The summed E-state index contributed by atoms with van der Waals surface area (Å²) in [6, 6.07) is 6.73. The summed E-state index contributed by atoms with van der Waals surface area (Å²) in [5.41, 5.74) is 0.698. The fourth-order valence-electron chi connectivity index (χ4n) is 2.07. The van der Waals surface area contributed by atoms with Gasteiger partial charge in [0.1, 0.15) is 0 Å². The minimum atomic E-state index is -1.08. The summed E-state index contributed by atoms with van der Waals surface area (Å²) in [4.78, 5) is 29.3. The highest BCUT2D eigenvalue weighted by Crippen LogP contribution is 2.31. The highest BCUT2D eigenvalue weighted by Gasteiger charge is 2.13. The first-order valence-corrected chi connectivity index (χ1v) is 9.17. The molecule has 2 N–H and O–H groups in total.